The number of carboxylic acids is 1. The number of carbonyl (C=O) groups excluding carboxylic acids is 1. The van der Waals surface area contributed by atoms with E-state index in [1.165, 1.54) is 0 Å². The number of amides is 1. The summed E-state index contributed by atoms with van der Waals surface area (Å²) in [5, 5.41) is 8.29. The summed E-state index contributed by atoms with van der Waals surface area (Å²) in [6.07, 6.45) is -0.189. The van der Waals surface area contributed by atoms with Crippen molar-refractivity contribution < 1.29 is 23.1 Å². The number of thioether (sulfide) groups is 1. The molecule has 0 aliphatic rings. The Hall–Kier alpha value is -0.760. The van der Waals surface area contributed by atoms with Crippen LogP contribution in [0.25, 0.3) is 0 Å². The molecule has 0 heterocycles. The lowest BCUT2D eigenvalue weighted by Gasteiger charge is -2.01. The van der Waals surface area contributed by atoms with Gasteiger partial charge in [-0.2, -0.15) is 0 Å². The molecule has 0 saturated carbocycles. The van der Waals surface area contributed by atoms with Crippen LogP contribution >= 0.6 is 11.8 Å². The maximum Gasteiger partial charge on any atom is 0.313 e. The highest BCUT2D eigenvalue weighted by Gasteiger charge is 2.12. The van der Waals surface area contributed by atoms with Crippen LogP contribution < -0.4 is 5.73 Å². The smallest absolute Gasteiger partial charge is 0.313 e. The number of hydrogen-bond donors (Lipinski definition) is 2. The van der Waals surface area contributed by atoms with Crippen molar-refractivity contribution >= 4 is 33.5 Å². The standard InChI is InChI=1S/C7H13NO5S2/c8-6(9)1-3-15(12,13)4-2-14-5-7(10)11/h1-5H2,(H2,8,9)(H,10,11). The van der Waals surface area contributed by atoms with Gasteiger partial charge in [0, 0.05) is 12.2 Å². The SMILES string of the molecule is NC(=O)CCS(=O)(=O)CCSCC(=O)O. The highest BCUT2D eigenvalue weighted by molar-refractivity contribution is 8.01. The largest absolute Gasteiger partial charge is 0.481 e. The van der Waals surface area contributed by atoms with Crippen LogP contribution in [0.3, 0.4) is 0 Å². The van der Waals surface area contributed by atoms with Crippen LogP contribution in [0, 0.1) is 0 Å². The normalized spacial score (nSPS) is 11.2. The first-order valence-corrected chi connectivity index (χ1v) is 7.09. The fourth-order valence-electron chi connectivity index (χ4n) is 0.704. The third-order valence-corrected chi connectivity index (χ3v) is 4.28. The molecule has 0 rings (SSSR count). The summed E-state index contributed by atoms with van der Waals surface area (Å²) in [5.41, 5.74) is 4.81. The zero-order valence-corrected chi connectivity index (χ0v) is 9.64. The molecule has 0 aromatic carbocycles. The first kappa shape index (κ1) is 14.2. The van der Waals surface area contributed by atoms with E-state index in [0.717, 1.165) is 11.8 Å². The molecule has 3 N–H and O–H groups in total. The molecule has 0 atom stereocenters. The van der Waals surface area contributed by atoms with Crippen molar-refractivity contribution in [3.63, 3.8) is 0 Å². The Kier molecular flexibility index (Phi) is 6.34. The lowest BCUT2D eigenvalue weighted by atomic mass is 10.5. The second kappa shape index (κ2) is 6.67. The van der Waals surface area contributed by atoms with E-state index in [0.29, 0.717) is 0 Å². The lowest BCUT2D eigenvalue weighted by molar-refractivity contribution is -0.133. The molecule has 0 fully saturated rings. The molecule has 0 aliphatic carbocycles. The van der Waals surface area contributed by atoms with Gasteiger partial charge in [-0.15, -0.1) is 11.8 Å². The topological polar surface area (TPSA) is 115 Å². The molecule has 6 nitrogen and oxygen atoms in total. The van der Waals surface area contributed by atoms with Crippen molar-refractivity contribution in [2.24, 2.45) is 5.73 Å². The number of rotatable bonds is 8. The van der Waals surface area contributed by atoms with Gasteiger partial charge in [0.2, 0.25) is 5.91 Å². The van der Waals surface area contributed by atoms with Crippen molar-refractivity contribution in [2.45, 2.75) is 6.42 Å². The summed E-state index contributed by atoms with van der Waals surface area (Å²) in [6, 6.07) is 0. The Morgan fingerprint density at radius 2 is 1.87 bits per heavy atom. The van der Waals surface area contributed by atoms with Crippen molar-refractivity contribution in [2.75, 3.05) is 23.0 Å². The molecule has 0 aliphatic heterocycles. The molecule has 0 bridgehead atoms. The second-order valence-electron chi connectivity index (χ2n) is 2.81. The number of hydrogen-bond acceptors (Lipinski definition) is 5. The van der Waals surface area contributed by atoms with Crippen molar-refractivity contribution in [3.8, 4) is 0 Å². The van der Waals surface area contributed by atoms with Gasteiger partial charge in [-0.05, 0) is 0 Å². The monoisotopic (exact) mass is 255 g/mol. The number of primary amides is 1. The Bertz CT molecular complexity index is 324. The number of carboxylic acid groups (broad SMARTS) is 1. The van der Waals surface area contributed by atoms with Gasteiger partial charge in [0.25, 0.3) is 0 Å². The summed E-state index contributed by atoms with van der Waals surface area (Å²) in [4.78, 5) is 20.4. The Balaban J connectivity index is 3.75. The van der Waals surface area contributed by atoms with Gasteiger partial charge in [0.1, 0.15) is 0 Å². The minimum atomic E-state index is -3.29. The van der Waals surface area contributed by atoms with Crippen LogP contribution in [0.5, 0.6) is 0 Å². The third kappa shape index (κ3) is 9.54. The third-order valence-electron chi connectivity index (χ3n) is 1.42. The Morgan fingerprint density at radius 1 is 1.27 bits per heavy atom. The van der Waals surface area contributed by atoms with E-state index >= 15 is 0 Å². The molecule has 0 aromatic rings. The van der Waals surface area contributed by atoms with Crippen LogP contribution in [0.15, 0.2) is 0 Å². The predicted molar refractivity (Wildman–Crippen MR) is 57.4 cm³/mol. The first-order chi connectivity index (χ1) is 6.83. The first-order valence-electron chi connectivity index (χ1n) is 4.12. The van der Waals surface area contributed by atoms with Crippen LogP contribution in [-0.2, 0) is 19.4 Å². The summed E-state index contributed by atoms with van der Waals surface area (Å²) in [6.45, 7) is 0. The molecule has 0 aromatic heterocycles. The number of carbonyl (C=O) groups is 2. The van der Waals surface area contributed by atoms with Crippen LogP contribution in [0.4, 0.5) is 0 Å². The Morgan fingerprint density at radius 3 is 2.33 bits per heavy atom. The predicted octanol–water partition coefficient (Wildman–Crippen LogP) is -0.906. The fraction of sp³-hybridized carbons (Fsp3) is 0.714. The summed E-state index contributed by atoms with van der Waals surface area (Å²) >= 11 is 1.03. The zero-order valence-electron chi connectivity index (χ0n) is 8.01. The number of aliphatic carboxylic acids is 1. The summed E-state index contributed by atoms with van der Waals surface area (Å²) < 4.78 is 22.4. The van der Waals surface area contributed by atoms with E-state index in [4.69, 9.17) is 10.8 Å². The van der Waals surface area contributed by atoms with Crippen molar-refractivity contribution in [1.29, 1.82) is 0 Å². The van der Waals surface area contributed by atoms with E-state index in [1.807, 2.05) is 0 Å². The van der Waals surface area contributed by atoms with Crippen LogP contribution in [0.2, 0.25) is 0 Å². The van der Waals surface area contributed by atoms with Gasteiger partial charge in [-0.1, -0.05) is 0 Å². The summed E-state index contributed by atoms with van der Waals surface area (Å²) in [5.74, 6) is -1.93. The minimum absolute atomic E-state index is 0.120. The molecule has 0 unspecified atom stereocenters. The molecule has 0 spiro atoms. The number of nitrogens with two attached hydrogens (primary N) is 1. The fourth-order valence-corrected chi connectivity index (χ4v) is 3.23. The molecule has 0 radical (unpaired) electrons. The van der Waals surface area contributed by atoms with Gasteiger partial charge >= 0.3 is 5.97 Å². The number of sulfone groups is 1. The average molecular weight is 255 g/mol. The van der Waals surface area contributed by atoms with E-state index < -0.39 is 21.7 Å². The quantitative estimate of drug-likeness (QED) is 0.543. The second-order valence-corrected chi connectivity index (χ2v) is 6.22. The lowest BCUT2D eigenvalue weighted by Crippen LogP contribution is -2.20. The highest BCUT2D eigenvalue weighted by Crippen LogP contribution is 2.03. The average Bonchev–Trinajstić information content (AvgIpc) is 2.09. The van der Waals surface area contributed by atoms with Gasteiger partial charge in [-0.25, -0.2) is 8.42 Å². The molecular formula is C7H13NO5S2. The zero-order chi connectivity index (χ0) is 11.9. The maximum absolute atomic E-state index is 11.2. The van der Waals surface area contributed by atoms with Gasteiger partial charge in [0.05, 0.1) is 17.3 Å². The van der Waals surface area contributed by atoms with Crippen molar-refractivity contribution in [1.82, 2.24) is 0 Å². The molecular weight excluding hydrogens is 242 g/mol. The molecule has 15 heavy (non-hydrogen) atoms. The molecule has 8 heteroatoms. The van der Waals surface area contributed by atoms with Gasteiger partial charge < -0.3 is 10.8 Å². The maximum atomic E-state index is 11.2. The molecule has 88 valence electrons. The van der Waals surface area contributed by atoms with Gasteiger partial charge in [0.15, 0.2) is 9.84 Å². The molecule has 0 saturated heterocycles. The van der Waals surface area contributed by atoms with E-state index in [9.17, 15) is 18.0 Å². The van der Waals surface area contributed by atoms with E-state index in [2.05, 4.69) is 0 Å². The minimum Gasteiger partial charge on any atom is -0.481 e. The highest BCUT2D eigenvalue weighted by atomic mass is 32.2. The van der Waals surface area contributed by atoms with E-state index in [1.54, 1.807) is 0 Å². The molecule has 1 amide bonds. The van der Waals surface area contributed by atoms with Crippen molar-refractivity contribution in [3.05, 3.63) is 0 Å². The summed E-state index contributed by atoms with van der Waals surface area (Å²) in [7, 11) is -3.29. The van der Waals surface area contributed by atoms with Gasteiger partial charge in [-0.3, -0.25) is 9.59 Å². The Labute approximate surface area is 92.1 Å². The van der Waals surface area contributed by atoms with E-state index in [-0.39, 0.29) is 29.4 Å². The van der Waals surface area contributed by atoms with Crippen LogP contribution in [0.1, 0.15) is 6.42 Å². The van der Waals surface area contributed by atoms with Crippen LogP contribution in [-0.4, -0.2) is 48.4 Å².